The van der Waals surface area contributed by atoms with E-state index >= 15 is 0 Å². The van der Waals surface area contributed by atoms with Crippen LogP contribution in [0.4, 0.5) is 5.69 Å². The fourth-order valence-corrected chi connectivity index (χ4v) is 3.32. The first kappa shape index (κ1) is 14.0. The van der Waals surface area contributed by atoms with Gasteiger partial charge in [-0.05, 0) is 37.2 Å². The maximum Gasteiger partial charge on any atom is 0.263 e. The van der Waals surface area contributed by atoms with Gasteiger partial charge in [0.2, 0.25) is 0 Å². The monoisotopic (exact) mass is 303 g/mol. The summed E-state index contributed by atoms with van der Waals surface area (Å²) in [5.74, 6) is -0.435. The van der Waals surface area contributed by atoms with E-state index in [9.17, 15) is 9.59 Å². The highest BCUT2D eigenvalue weighted by atomic mass is 32.1. The number of thiocarbonyl (C=S) groups is 1. The molecule has 3 rings (SSSR count). The number of hydrogen-bond donors (Lipinski definition) is 2. The molecule has 5 nitrogen and oxygen atoms in total. The third-order valence-corrected chi connectivity index (χ3v) is 4.25. The number of anilines is 1. The molecule has 2 amide bonds. The molecule has 1 heterocycles. The topological polar surface area (TPSA) is 75.4 Å². The number of amides is 2. The summed E-state index contributed by atoms with van der Waals surface area (Å²) in [7, 11) is 0. The number of nitrogens with two attached hydrogens (primary N) is 1. The summed E-state index contributed by atoms with van der Waals surface area (Å²) in [6.45, 7) is 0. The molecule has 1 aliphatic heterocycles. The Morgan fingerprint density at radius 1 is 1.19 bits per heavy atom. The minimum absolute atomic E-state index is 0.0174. The van der Waals surface area contributed by atoms with Crippen LogP contribution in [0.15, 0.2) is 18.2 Å². The Kier molecular flexibility index (Phi) is 3.63. The van der Waals surface area contributed by atoms with Gasteiger partial charge in [-0.1, -0.05) is 25.3 Å². The number of fused-ring (bicyclic) bond motifs is 1. The van der Waals surface area contributed by atoms with Crippen LogP contribution < -0.4 is 11.1 Å². The van der Waals surface area contributed by atoms with E-state index < -0.39 is 0 Å². The number of carbonyl (C=O) groups is 2. The Labute approximate surface area is 128 Å². The lowest BCUT2D eigenvalue weighted by Gasteiger charge is -2.29. The van der Waals surface area contributed by atoms with E-state index in [0.717, 1.165) is 25.7 Å². The molecule has 0 bridgehead atoms. The molecule has 1 aromatic carbocycles. The maximum atomic E-state index is 12.7. The van der Waals surface area contributed by atoms with E-state index in [0.29, 0.717) is 16.8 Å². The average molecular weight is 303 g/mol. The van der Waals surface area contributed by atoms with E-state index in [-0.39, 0.29) is 23.0 Å². The van der Waals surface area contributed by atoms with Crippen LogP contribution in [0, 0.1) is 0 Å². The highest BCUT2D eigenvalue weighted by Crippen LogP contribution is 2.34. The molecular formula is C15H17N3O2S. The first-order valence-corrected chi connectivity index (χ1v) is 7.58. The summed E-state index contributed by atoms with van der Waals surface area (Å²) in [4.78, 5) is 26.7. The SMILES string of the molecule is NC(=S)Nc1cccc2c1C(=O)N(C1CCCCC1)C2=O. The van der Waals surface area contributed by atoms with Gasteiger partial charge in [0.25, 0.3) is 11.8 Å². The lowest BCUT2D eigenvalue weighted by Crippen LogP contribution is -2.41. The van der Waals surface area contributed by atoms with Crippen LogP contribution in [-0.2, 0) is 0 Å². The normalized spacial score (nSPS) is 18.8. The van der Waals surface area contributed by atoms with Gasteiger partial charge < -0.3 is 11.1 Å². The summed E-state index contributed by atoms with van der Waals surface area (Å²) in [6, 6.07) is 5.15. The first-order chi connectivity index (χ1) is 10.1. The third kappa shape index (κ3) is 2.40. The summed E-state index contributed by atoms with van der Waals surface area (Å²) in [5.41, 5.74) is 6.82. The standard InChI is InChI=1S/C15H17N3O2S/c16-15(21)17-11-8-4-7-10-12(11)14(20)18(13(10)19)9-5-2-1-3-6-9/h4,7-9H,1-3,5-6H2,(H3,16,17,21). The number of rotatable bonds is 2. The molecule has 2 aliphatic rings. The minimum Gasteiger partial charge on any atom is -0.376 e. The van der Waals surface area contributed by atoms with Crippen molar-refractivity contribution in [3.8, 4) is 0 Å². The Bertz CT molecular complexity index is 623. The third-order valence-electron chi connectivity index (χ3n) is 4.14. The van der Waals surface area contributed by atoms with Crippen LogP contribution >= 0.6 is 12.2 Å². The predicted molar refractivity (Wildman–Crippen MR) is 84.2 cm³/mol. The van der Waals surface area contributed by atoms with Gasteiger partial charge >= 0.3 is 0 Å². The molecule has 0 saturated heterocycles. The number of nitrogens with zero attached hydrogens (tertiary/aromatic N) is 1. The van der Waals surface area contributed by atoms with Gasteiger partial charge in [0, 0.05) is 6.04 Å². The fourth-order valence-electron chi connectivity index (χ4n) is 3.21. The van der Waals surface area contributed by atoms with Gasteiger partial charge in [-0.15, -0.1) is 0 Å². The van der Waals surface area contributed by atoms with Crippen LogP contribution in [-0.4, -0.2) is 27.9 Å². The molecule has 0 radical (unpaired) electrons. The summed E-state index contributed by atoms with van der Waals surface area (Å²) >= 11 is 4.83. The van der Waals surface area contributed by atoms with Gasteiger partial charge in [0.15, 0.2) is 5.11 Å². The van der Waals surface area contributed by atoms with Crippen molar-refractivity contribution in [2.24, 2.45) is 5.73 Å². The molecule has 21 heavy (non-hydrogen) atoms. The zero-order valence-corrected chi connectivity index (χ0v) is 12.4. The van der Waals surface area contributed by atoms with Gasteiger partial charge in [0.1, 0.15) is 0 Å². The zero-order valence-electron chi connectivity index (χ0n) is 11.6. The Hall–Kier alpha value is -1.95. The minimum atomic E-state index is -0.235. The molecule has 1 aliphatic carbocycles. The van der Waals surface area contributed by atoms with Crippen LogP contribution in [0.2, 0.25) is 0 Å². The lowest BCUT2D eigenvalue weighted by molar-refractivity contribution is 0.0549. The molecular weight excluding hydrogens is 286 g/mol. The molecule has 3 N–H and O–H groups in total. The Morgan fingerprint density at radius 3 is 2.57 bits per heavy atom. The van der Waals surface area contributed by atoms with E-state index in [4.69, 9.17) is 18.0 Å². The lowest BCUT2D eigenvalue weighted by atomic mass is 9.94. The Morgan fingerprint density at radius 2 is 1.90 bits per heavy atom. The second kappa shape index (κ2) is 5.44. The molecule has 6 heteroatoms. The number of benzene rings is 1. The molecule has 1 fully saturated rings. The molecule has 110 valence electrons. The van der Waals surface area contributed by atoms with Gasteiger partial charge in [0.05, 0.1) is 16.8 Å². The number of hydrogen-bond acceptors (Lipinski definition) is 3. The average Bonchev–Trinajstić information content (AvgIpc) is 2.72. The number of nitrogens with one attached hydrogen (secondary N) is 1. The van der Waals surface area contributed by atoms with E-state index in [1.807, 2.05) is 0 Å². The molecule has 0 atom stereocenters. The highest BCUT2D eigenvalue weighted by molar-refractivity contribution is 7.80. The van der Waals surface area contributed by atoms with Crippen molar-refractivity contribution in [3.63, 3.8) is 0 Å². The second-order valence-corrected chi connectivity index (χ2v) is 5.93. The number of imide groups is 1. The molecule has 1 aromatic rings. The molecule has 0 unspecified atom stereocenters. The molecule has 0 spiro atoms. The van der Waals surface area contributed by atoms with Crippen LogP contribution in [0.1, 0.15) is 52.8 Å². The van der Waals surface area contributed by atoms with Crippen molar-refractivity contribution in [2.75, 3.05) is 5.32 Å². The summed E-state index contributed by atoms with van der Waals surface area (Å²) in [6.07, 6.45) is 5.09. The number of carbonyl (C=O) groups excluding carboxylic acids is 2. The van der Waals surface area contributed by atoms with E-state index in [2.05, 4.69) is 5.32 Å². The molecule has 0 aromatic heterocycles. The largest absolute Gasteiger partial charge is 0.376 e. The van der Waals surface area contributed by atoms with E-state index in [1.54, 1.807) is 18.2 Å². The summed E-state index contributed by atoms with van der Waals surface area (Å²) < 4.78 is 0. The van der Waals surface area contributed by atoms with Gasteiger partial charge in [-0.2, -0.15) is 0 Å². The predicted octanol–water partition coefficient (Wildman–Crippen LogP) is 2.27. The van der Waals surface area contributed by atoms with Crippen LogP contribution in [0.5, 0.6) is 0 Å². The van der Waals surface area contributed by atoms with Crippen molar-refractivity contribution in [2.45, 2.75) is 38.1 Å². The van der Waals surface area contributed by atoms with Gasteiger partial charge in [-0.25, -0.2) is 0 Å². The van der Waals surface area contributed by atoms with Crippen LogP contribution in [0.3, 0.4) is 0 Å². The smallest absolute Gasteiger partial charge is 0.263 e. The van der Waals surface area contributed by atoms with Gasteiger partial charge in [-0.3, -0.25) is 14.5 Å². The highest BCUT2D eigenvalue weighted by Gasteiger charge is 2.41. The van der Waals surface area contributed by atoms with Crippen molar-refractivity contribution in [1.29, 1.82) is 0 Å². The first-order valence-electron chi connectivity index (χ1n) is 7.17. The zero-order chi connectivity index (χ0) is 15.0. The van der Waals surface area contributed by atoms with Crippen molar-refractivity contribution in [1.82, 2.24) is 4.90 Å². The van der Waals surface area contributed by atoms with Crippen molar-refractivity contribution >= 4 is 34.8 Å². The second-order valence-electron chi connectivity index (χ2n) is 5.49. The quantitative estimate of drug-likeness (QED) is 0.647. The van der Waals surface area contributed by atoms with E-state index in [1.165, 1.54) is 11.3 Å². The summed E-state index contributed by atoms with van der Waals surface area (Å²) in [5, 5.41) is 2.87. The molecule has 1 saturated carbocycles. The Balaban J connectivity index is 1.97. The van der Waals surface area contributed by atoms with Crippen molar-refractivity contribution in [3.05, 3.63) is 29.3 Å². The van der Waals surface area contributed by atoms with Crippen LogP contribution in [0.25, 0.3) is 0 Å². The maximum absolute atomic E-state index is 12.7. The fraction of sp³-hybridized carbons (Fsp3) is 0.400. The van der Waals surface area contributed by atoms with Crippen molar-refractivity contribution < 1.29 is 9.59 Å².